The Labute approximate surface area is 146 Å². The highest BCUT2D eigenvalue weighted by Crippen LogP contribution is 2.33. The first-order valence-electron chi connectivity index (χ1n) is 8.26. The second-order valence-electron chi connectivity index (χ2n) is 6.48. The van der Waals surface area contributed by atoms with Crippen molar-refractivity contribution >= 4 is 16.8 Å². The van der Waals surface area contributed by atoms with Crippen molar-refractivity contribution in [1.29, 1.82) is 0 Å². The van der Waals surface area contributed by atoms with Gasteiger partial charge in [-0.05, 0) is 55.3 Å². The quantitative estimate of drug-likeness (QED) is 0.792. The Morgan fingerprint density at radius 2 is 1.92 bits per heavy atom. The first-order valence-corrected chi connectivity index (χ1v) is 8.26. The third-order valence-corrected chi connectivity index (χ3v) is 4.76. The summed E-state index contributed by atoms with van der Waals surface area (Å²) in [6.45, 7) is 4.88. The van der Waals surface area contributed by atoms with E-state index in [1.54, 1.807) is 4.90 Å². The highest BCUT2D eigenvalue weighted by molar-refractivity contribution is 5.98. The SMILES string of the molecule is Cc1[nH]c2ccc(C(=O)N(C)Cc3ccc4c(c3)OCO4)cc2c1C. The van der Waals surface area contributed by atoms with Crippen LogP contribution in [0.4, 0.5) is 0 Å². The van der Waals surface area contributed by atoms with Crippen molar-refractivity contribution in [2.45, 2.75) is 20.4 Å². The first-order chi connectivity index (χ1) is 12.0. The van der Waals surface area contributed by atoms with Crippen LogP contribution in [0.2, 0.25) is 0 Å². The highest BCUT2D eigenvalue weighted by atomic mass is 16.7. The van der Waals surface area contributed by atoms with Crippen LogP contribution in [-0.2, 0) is 6.54 Å². The molecule has 25 heavy (non-hydrogen) atoms. The second-order valence-corrected chi connectivity index (χ2v) is 6.48. The number of nitrogens with zero attached hydrogens (tertiary/aromatic N) is 1. The van der Waals surface area contributed by atoms with Gasteiger partial charge in [0.2, 0.25) is 6.79 Å². The molecule has 1 aliphatic rings. The van der Waals surface area contributed by atoms with E-state index in [2.05, 4.69) is 11.9 Å². The Balaban J connectivity index is 1.56. The molecule has 2 aromatic carbocycles. The highest BCUT2D eigenvalue weighted by Gasteiger charge is 2.17. The lowest BCUT2D eigenvalue weighted by Crippen LogP contribution is -2.26. The molecule has 1 N–H and O–H groups in total. The fourth-order valence-corrected chi connectivity index (χ4v) is 3.20. The number of hydrogen-bond acceptors (Lipinski definition) is 3. The molecule has 1 aromatic heterocycles. The molecule has 0 aliphatic carbocycles. The van der Waals surface area contributed by atoms with Gasteiger partial charge in [-0.25, -0.2) is 0 Å². The summed E-state index contributed by atoms with van der Waals surface area (Å²) in [7, 11) is 1.81. The summed E-state index contributed by atoms with van der Waals surface area (Å²) >= 11 is 0. The number of fused-ring (bicyclic) bond motifs is 2. The van der Waals surface area contributed by atoms with Gasteiger partial charge < -0.3 is 19.4 Å². The van der Waals surface area contributed by atoms with Crippen LogP contribution < -0.4 is 9.47 Å². The number of aromatic nitrogens is 1. The number of aryl methyl sites for hydroxylation is 2. The molecule has 0 spiro atoms. The van der Waals surface area contributed by atoms with E-state index in [1.165, 1.54) is 5.56 Å². The molecule has 0 saturated carbocycles. The Kier molecular flexibility index (Phi) is 3.64. The standard InChI is InChI=1S/C20H20N2O3/c1-12-13(2)21-17-6-5-15(9-16(12)17)20(23)22(3)10-14-4-7-18-19(8-14)25-11-24-18/h4-9,21H,10-11H2,1-3H3. The van der Waals surface area contributed by atoms with Gasteiger partial charge in [-0.15, -0.1) is 0 Å². The van der Waals surface area contributed by atoms with Gasteiger partial charge in [-0.3, -0.25) is 4.79 Å². The van der Waals surface area contributed by atoms with Crippen LogP contribution in [0.15, 0.2) is 36.4 Å². The number of benzene rings is 2. The smallest absolute Gasteiger partial charge is 0.253 e. The van der Waals surface area contributed by atoms with Crippen LogP contribution in [0.25, 0.3) is 10.9 Å². The summed E-state index contributed by atoms with van der Waals surface area (Å²) in [5.74, 6) is 1.48. The van der Waals surface area contributed by atoms with Crippen LogP contribution in [0, 0.1) is 13.8 Å². The van der Waals surface area contributed by atoms with E-state index in [0.29, 0.717) is 12.1 Å². The maximum atomic E-state index is 12.8. The predicted molar refractivity (Wildman–Crippen MR) is 96.1 cm³/mol. The van der Waals surface area contributed by atoms with E-state index >= 15 is 0 Å². The number of nitrogens with one attached hydrogen (secondary N) is 1. The Hall–Kier alpha value is -2.95. The second kappa shape index (κ2) is 5.84. The number of hydrogen-bond donors (Lipinski definition) is 1. The molecular weight excluding hydrogens is 316 g/mol. The van der Waals surface area contributed by atoms with Crippen molar-refractivity contribution < 1.29 is 14.3 Å². The van der Waals surface area contributed by atoms with Gasteiger partial charge in [0.1, 0.15) is 0 Å². The molecular formula is C20H20N2O3. The maximum absolute atomic E-state index is 12.8. The molecule has 128 valence electrons. The van der Waals surface area contributed by atoms with Gasteiger partial charge in [-0.1, -0.05) is 6.07 Å². The van der Waals surface area contributed by atoms with Crippen LogP contribution in [0.3, 0.4) is 0 Å². The predicted octanol–water partition coefficient (Wildman–Crippen LogP) is 3.79. The van der Waals surface area contributed by atoms with Gasteiger partial charge in [0.05, 0.1) is 0 Å². The minimum atomic E-state index is -0.00202. The third kappa shape index (κ3) is 2.71. The van der Waals surface area contributed by atoms with Gasteiger partial charge in [0.25, 0.3) is 5.91 Å². The summed E-state index contributed by atoms with van der Waals surface area (Å²) in [4.78, 5) is 17.9. The van der Waals surface area contributed by atoms with E-state index in [4.69, 9.17) is 9.47 Å². The zero-order valence-corrected chi connectivity index (χ0v) is 14.6. The van der Waals surface area contributed by atoms with Crippen molar-refractivity contribution in [3.8, 4) is 11.5 Å². The molecule has 0 bridgehead atoms. The van der Waals surface area contributed by atoms with E-state index in [9.17, 15) is 4.79 Å². The first kappa shape index (κ1) is 15.6. The molecule has 5 nitrogen and oxygen atoms in total. The topological polar surface area (TPSA) is 54.6 Å². The van der Waals surface area contributed by atoms with Crippen LogP contribution in [-0.4, -0.2) is 29.6 Å². The Morgan fingerprint density at radius 1 is 1.12 bits per heavy atom. The van der Waals surface area contributed by atoms with Gasteiger partial charge in [0.15, 0.2) is 11.5 Å². The number of amides is 1. The summed E-state index contributed by atoms with van der Waals surface area (Å²) in [6, 6.07) is 11.6. The molecule has 0 fully saturated rings. The Bertz CT molecular complexity index is 974. The molecule has 0 radical (unpaired) electrons. The van der Waals surface area contributed by atoms with Gasteiger partial charge in [0, 0.05) is 35.8 Å². The normalized spacial score (nSPS) is 12.6. The molecule has 0 atom stereocenters. The van der Waals surface area contributed by atoms with Crippen molar-refractivity contribution in [3.05, 3.63) is 58.8 Å². The van der Waals surface area contributed by atoms with Gasteiger partial charge >= 0.3 is 0 Å². The summed E-state index contributed by atoms with van der Waals surface area (Å²) in [5.41, 5.74) is 5.08. The minimum absolute atomic E-state index is 0.00202. The van der Waals surface area contributed by atoms with Crippen molar-refractivity contribution in [2.24, 2.45) is 0 Å². The number of H-pyrrole nitrogens is 1. The van der Waals surface area contributed by atoms with Crippen LogP contribution in [0.5, 0.6) is 11.5 Å². The largest absolute Gasteiger partial charge is 0.454 e. The maximum Gasteiger partial charge on any atom is 0.253 e. The monoisotopic (exact) mass is 336 g/mol. The lowest BCUT2D eigenvalue weighted by molar-refractivity contribution is 0.0785. The fourth-order valence-electron chi connectivity index (χ4n) is 3.20. The summed E-state index contributed by atoms with van der Waals surface area (Å²) < 4.78 is 10.7. The lowest BCUT2D eigenvalue weighted by atomic mass is 10.1. The number of carbonyl (C=O) groups excluding carboxylic acids is 1. The molecule has 5 heteroatoms. The minimum Gasteiger partial charge on any atom is -0.454 e. The summed E-state index contributed by atoms with van der Waals surface area (Å²) in [5, 5.41) is 1.10. The van der Waals surface area contributed by atoms with E-state index in [-0.39, 0.29) is 12.7 Å². The number of aromatic amines is 1. The molecule has 0 unspecified atom stereocenters. The van der Waals surface area contributed by atoms with Gasteiger partial charge in [-0.2, -0.15) is 0 Å². The zero-order chi connectivity index (χ0) is 17.6. The summed E-state index contributed by atoms with van der Waals surface area (Å²) in [6.07, 6.45) is 0. The average molecular weight is 336 g/mol. The fraction of sp³-hybridized carbons (Fsp3) is 0.250. The van der Waals surface area contributed by atoms with E-state index in [1.807, 2.05) is 50.4 Å². The van der Waals surface area contributed by atoms with Crippen LogP contribution in [0.1, 0.15) is 27.2 Å². The third-order valence-electron chi connectivity index (χ3n) is 4.76. The number of rotatable bonds is 3. The molecule has 1 aliphatic heterocycles. The Morgan fingerprint density at radius 3 is 2.76 bits per heavy atom. The van der Waals surface area contributed by atoms with E-state index < -0.39 is 0 Å². The number of ether oxygens (including phenoxy) is 2. The molecule has 1 amide bonds. The molecule has 0 saturated heterocycles. The zero-order valence-electron chi connectivity index (χ0n) is 14.6. The lowest BCUT2D eigenvalue weighted by Gasteiger charge is -2.17. The van der Waals surface area contributed by atoms with Crippen molar-refractivity contribution in [1.82, 2.24) is 9.88 Å². The average Bonchev–Trinajstić information content (AvgIpc) is 3.18. The molecule has 3 aromatic rings. The molecule has 4 rings (SSSR count). The van der Waals surface area contributed by atoms with Crippen LogP contribution >= 0.6 is 0 Å². The van der Waals surface area contributed by atoms with Crippen molar-refractivity contribution in [3.63, 3.8) is 0 Å². The van der Waals surface area contributed by atoms with E-state index in [0.717, 1.165) is 33.7 Å². The molecule has 2 heterocycles. The van der Waals surface area contributed by atoms with Crippen molar-refractivity contribution in [2.75, 3.05) is 13.8 Å². The number of carbonyl (C=O) groups is 1.